The van der Waals surface area contributed by atoms with E-state index in [4.69, 9.17) is 27.9 Å². The molecule has 22 heavy (non-hydrogen) atoms. The third-order valence-corrected chi connectivity index (χ3v) is 5.28. The highest BCUT2D eigenvalue weighted by Crippen LogP contribution is 2.35. The number of nitrogens with one attached hydrogen (secondary N) is 1. The van der Waals surface area contributed by atoms with Crippen LogP contribution in [0.15, 0.2) is 27.1 Å². The minimum Gasteiger partial charge on any atom is -0.493 e. The molecule has 1 aromatic heterocycles. The summed E-state index contributed by atoms with van der Waals surface area (Å²) in [5, 5.41) is 0.508. The normalized spacial score (nSPS) is 10.8. The van der Waals surface area contributed by atoms with E-state index in [1.165, 1.54) is 0 Å². The molecule has 1 aromatic carbocycles. The number of carbonyl (C=O) groups is 1. The van der Waals surface area contributed by atoms with Crippen LogP contribution in [0.5, 0.6) is 5.75 Å². The van der Waals surface area contributed by atoms with Crippen molar-refractivity contribution in [2.45, 2.75) is 19.8 Å². The van der Waals surface area contributed by atoms with Gasteiger partial charge < -0.3 is 9.72 Å². The van der Waals surface area contributed by atoms with Gasteiger partial charge in [0, 0.05) is 4.47 Å². The largest absolute Gasteiger partial charge is 0.493 e. The van der Waals surface area contributed by atoms with Crippen LogP contribution in [-0.4, -0.2) is 17.4 Å². The van der Waals surface area contributed by atoms with Gasteiger partial charge in [-0.2, -0.15) is 0 Å². The number of halogens is 4. The van der Waals surface area contributed by atoms with Crippen molar-refractivity contribution in [2.75, 3.05) is 6.61 Å². The average Bonchev–Trinajstić information content (AvgIpc) is 2.76. The van der Waals surface area contributed by atoms with Crippen molar-refractivity contribution >= 4 is 60.8 Å². The third kappa shape index (κ3) is 3.88. The highest BCUT2D eigenvalue weighted by molar-refractivity contribution is 9.10. The van der Waals surface area contributed by atoms with E-state index in [9.17, 15) is 4.79 Å². The van der Waals surface area contributed by atoms with Crippen LogP contribution in [0.3, 0.4) is 0 Å². The molecule has 0 fully saturated rings. The Hall–Kier alpha value is -0.490. The lowest BCUT2D eigenvalue weighted by atomic mass is 10.1. The Labute approximate surface area is 155 Å². The van der Waals surface area contributed by atoms with E-state index in [0.29, 0.717) is 28.1 Å². The maximum Gasteiger partial charge on any atom is 0.214 e. The number of ether oxygens (including phenoxy) is 1. The maximum absolute atomic E-state index is 12.8. The molecule has 0 radical (unpaired) electrons. The number of benzene rings is 1. The lowest BCUT2D eigenvalue weighted by Gasteiger charge is -2.11. The van der Waals surface area contributed by atoms with Gasteiger partial charge in [0.1, 0.15) is 16.6 Å². The van der Waals surface area contributed by atoms with Gasteiger partial charge in [0.2, 0.25) is 5.78 Å². The predicted molar refractivity (Wildman–Crippen MR) is 96.5 cm³/mol. The first kappa shape index (κ1) is 17.9. The van der Waals surface area contributed by atoms with Crippen molar-refractivity contribution in [1.82, 2.24) is 4.98 Å². The molecule has 0 bridgehead atoms. The summed E-state index contributed by atoms with van der Waals surface area (Å²) in [5.74, 6) is 0.295. The summed E-state index contributed by atoms with van der Waals surface area (Å²) in [5.41, 5.74) is 0.745. The number of unbranched alkanes of at least 4 members (excludes halogenated alkanes) is 1. The molecule has 0 saturated heterocycles. The molecular weight excluding hydrogens is 457 g/mol. The summed E-state index contributed by atoms with van der Waals surface area (Å²) in [6.07, 6.45) is 1.95. The third-order valence-electron chi connectivity index (χ3n) is 3.01. The molecule has 1 heterocycles. The van der Waals surface area contributed by atoms with Crippen LogP contribution in [-0.2, 0) is 0 Å². The van der Waals surface area contributed by atoms with Crippen LogP contribution < -0.4 is 4.74 Å². The second-order valence-electron chi connectivity index (χ2n) is 4.61. The Morgan fingerprint density at radius 2 is 2.05 bits per heavy atom. The molecule has 118 valence electrons. The van der Waals surface area contributed by atoms with Crippen LogP contribution in [0.4, 0.5) is 0 Å². The second kappa shape index (κ2) is 7.86. The fraction of sp³-hybridized carbons (Fsp3) is 0.267. The SMILES string of the molecule is CCCCOc1ccc(Br)cc1C(=O)c1[nH]c(Cl)c(Cl)c1Br. The molecule has 0 amide bonds. The van der Waals surface area contributed by atoms with Gasteiger partial charge in [0.15, 0.2) is 0 Å². The van der Waals surface area contributed by atoms with Crippen molar-refractivity contribution in [3.05, 3.63) is 48.6 Å². The van der Waals surface area contributed by atoms with E-state index < -0.39 is 0 Å². The molecule has 0 saturated carbocycles. The van der Waals surface area contributed by atoms with Crippen LogP contribution in [0.25, 0.3) is 0 Å². The molecule has 7 heteroatoms. The topological polar surface area (TPSA) is 42.1 Å². The summed E-state index contributed by atoms with van der Waals surface area (Å²) < 4.78 is 6.95. The zero-order chi connectivity index (χ0) is 16.3. The van der Waals surface area contributed by atoms with Crippen molar-refractivity contribution < 1.29 is 9.53 Å². The van der Waals surface area contributed by atoms with Crippen molar-refractivity contribution in [2.24, 2.45) is 0 Å². The van der Waals surface area contributed by atoms with Crippen molar-refractivity contribution in [3.63, 3.8) is 0 Å². The number of hydrogen-bond donors (Lipinski definition) is 1. The number of hydrogen-bond acceptors (Lipinski definition) is 2. The van der Waals surface area contributed by atoms with E-state index >= 15 is 0 Å². The predicted octanol–water partition coefficient (Wildman–Crippen LogP) is 6.26. The molecule has 0 aliphatic heterocycles. The van der Waals surface area contributed by atoms with E-state index in [2.05, 4.69) is 43.8 Å². The highest BCUT2D eigenvalue weighted by atomic mass is 79.9. The van der Waals surface area contributed by atoms with E-state index in [0.717, 1.165) is 17.3 Å². The summed E-state index contributed by atoms with van der Waals surface area (Å²) in [4.78, 5) is 15.6. The first-order valence-corrected chi connectivity index (χ1v) is 8.99. The summed E-state index contributed by atoms with van der Waals surface area (Å²) in [6, 6.07) is 5.33. The molecule has 1 N–H and O–H groups in total. The van der Waals surface area contributed by atoms with Gasteiger partial charge in [-0.1, -0.05) is 52.5 Å². The Morgan fingerprint density at radius 1 is 1.32 bits per heavy atom. The van der Waals surface area contributed by atoms with Gasteiger partial charge in [0.05, 0.1) is 21.7 Å². The number of aromatic amines is 1. The monoisotopic (exact) mass is 467 g/mol. The van der Waals surface area contributed by atoms with E-state index in [-0.39, 0.29) is 16.0 Å². The molecule has 0 unspecified atom stereocenters. The summed E-state index contributed by atoms with van der Waals surface area (Å²) >= 11 is 18.6. The lowest BCUT2D eigenvalue weighted by molar-refractivity contribution is 0.103. The van der Waals surface area contributed by atoms with Gasteiger partial charge in [-0.05, 0) is 40.5 Å². The zero-order valence-electron chi connectivity index (χ0n) is 11.7. The molecule has 0 aliphatic carbocycles. The van der Waals surface area contributed by atoms with Gasteiger partial charge in [-0.3, -0.25) is 4.79 Å². The quantitative estimate of drug-likeness (QED) is 0.401. The molecular formula is C15H13Br2Cl2NO2. The first-order chi connectivity index (χ1) is 10.5. The number of H-pyrrole nitrogens is 1. The average molecular weight is 470 g/mol. The molecule has 0 spiro atoms. The number of rotatable bonds is 6. The minimum atomic E-state index is -0.242. The number of ketones is 1. The van der Waals surface area contributed by atoms with E-state index in [1.807, 2.05) is 6.07 Å². The minimum absolute atomic E-state index is 0.223. The Bertz CT molecular complexity index is 701. The van der Waals surface area contributed by atoms with Crippen molar-refractivity contribution in [3.8, 4) is 5.75 Å². The standard InChI is InChI=1S/C15H13Br2Cl2NO2/c1-2-3-6-22-10-5-4-8(16)7-9(10)14(21)13-11(17)12(18)15(19)20-13/h4-5,7,20H,2-3,6H2,1H3. The lowest BCUT2D eigenvalue weighted by Crippen LogP contribution is -2.07. The number of aromatic nitrogens is 1. The second-order valence-corrected chi connectivity index (χ2v) is 7.08. The Kier molecular flexibility index (Phi) is 6.38. The first-order valence-electron chi connectivity index (χ1n) is 6.65. The van der Waals surface area contributed by atoms with Crippen LogP contribution in [0.1, 0.15) is 35.8 Å². The number of carbonyl (C=O) groups excluding carboxylic acids is 1. The van der Waals surface area contributed by atoms with Crippen LogP contribution in [0, 0.1) is 0 Å². The van der Waals surface area contributed by atoms with Gasteiger partial charge in [0.25, 0.3) is 0 Å². The highest BCUT2D eigenvalue weighted by Gasteiger charge is 2.23. The van der Waals surface area contributed by atoms with Crippen LogP contribution in [0.2, 0.25) is 10.2 Å². The molecule has 2 aromatic rings. The Morgan fingerprint density at radius 3 is 2.64 bits per heavy atom. The Balaban J connectivity index is 2.39. The summed E-state index contributed by atoms with van der Waals surface area (Å²) in [7, 11) is 0. The maximum atomic E-state index is 12.8. The van der Waals surface area contributed by atoms with Crippen molar-refractivity contribution in [1.29, 1.82) is 0 Å². The molecule has 0 aliphatic rings. The van der Waals surface area contributed by atoms with Gasteiger partial charge in [-0.15, -0.1) is 0 Å². The zero-order valence-corrected chi connectivity index (χ0v) is 16.4. The fourth-order valence-corrected chi connectivity index (χ4v) is 3.13. The fourth-order valence-electron chi connectivity index (χ4n) is 1.85. The smallest absolute Gasteiger partial charge is 0.214 e. The molecule has 3 nitrogen and oxygen atoms in total. The van der Waals surface area contributed by atoms with Gasteiger partial charge >= 0.3 is 0 Å². The molecule has 0 atom stereocenters. The summed E-state index contributed by atoms with van der Waals surface area (Å²) in [6.45, 7) is 2.64. The molecule has 2 rings (SSSR count). The van der Waals surface area contributed by atoms with E-state index in [1.54, 1.807) is 12.1 Å². The van der Waals surface area contributed by atoms with Gasteiger partial charge in [-0.25, -0.2) is 0 Å². The van der Waals surface area contributed by atoms with Crippen LogP contribution >= 0.6 is 55.1 Å².